The predicted octanol–water partition coefficient (Wildman–Crippen LogP) is 5.57. The maximum Gasteiger partial charge on any atom is 0 e. The Morgan fingerprint density at radius 2 is 0.944 bits per heavy atom. The molecule has 1 nitrogen and oxygen atoms in total. The van der Waals surface area contributed by atoms with Gasteiger partial charge in [-0.25, -0.2) is 0 Å². The van der Waals surface area contributed by atoms with E-state index in [4.69, 9.17) is 0 Å². The van der Waals surface area contributed by atoms with Crippen molar-refractivity contribution in [3.05, 3.63) is 0 Å². The molecular weight excluding hydrogens is 274 g/mol. The summed E-state index contributed by atoms with van der Waals surface area (Å²) in [5.41, 5.74) is 0. The molecule has 0 atom stereocenters. The first-order valence-electron chi connectivity index (χ1n) is 7.76. The molecule has 0 amide bonds. The molecule has 0 saturated heterocycles. The second kappa shape index (κ2) is 19.6. The molecule has 0 aliphatic carbocycles. The summed E-state index contributed by atoms with van der Waals surface area (Å²) in [6.45, 7) is 2.27. The smallest absolute Gasteiger partial charge is 0 e. The van der Waals surface area contributed by atoms with Gasteiger partial charge in [0.2, 0.25) is 0 Å². The molecule has 18 heavy (non-hydrogen) atoms. The second-order valence-electron chi connectivity index (χ2n) is 5.14. The van der Waals surface area contributed by atoms with E-state index >= 15 is 0 Å². The van der Waals surface area contributed by atoms with Gasteiger partial charge in [0.1, 0.15) is 0 Å². The van der Waals surface area contributed by atoms with E-state index in [2.05, 4.69) is 6.92 Å². The van der Waals surface area contributed by atoms with Crippen LogP contribution in [0.25, 0.3) is 0 Å². The van der Waals surface area contributed by atoms with E-state index in [0.717, 1.165) is 6.42 Å². The summed E-state index contributed by atoms with van der Waals surface area (Å²) in [6.07, 6.45) is 20.2. The summed E-state index contributed by atoms with van der Waals surface area (Å²) in [7, 11) is 0. The number of unbranched alkanes of at least 4 members (excludes halogenated alkanes) is 13. The molecule has 0 saturated carbocycles. The Labute approximate surface area is 127 Å². The second-order valence-corrected chi connectivity index (χ2v) is 5.14. The van der Waals surface area contributed by atoms with E-state index in [-0.39, 0.29) is 19.5 Å². The van der Waals surface area contributed by atoms with Crippen LogP contribution in [0.2, 0.25) is 0 Å². The van der Waals surface area contributed by atoms with Gasteiger partial charge in [-0.1, -0.05) is 90.4 Å². The first-order chi connectivity index (χ1) is 8.41. The summed E-state index contributed by atoms with van der Waals surface area (Å²) < 4.78 is 0. The van der Waals surface area contributed by atoms with E-state index in [1.165, 1.54) is 77.0 Å². The van der Waals surface area contributed by atoms with Crippen LogP contribution in [0.3, 0.4) is 0 Å². The Morgan fingerprint density at radius 1 is 0.611 bits per heavy atom. The van der Waals surface area contributed by atoms with Crippen LogP contribution < -0.4 is 0 Å². The van der Waals surface area contributed by atoms with Crippen molar-refractivity contribution in [3.8, 4) is 0 Å². The molecule has 104 valence electrons. The molecule has 0 unspecified atom stereocenters. The molecule has 0 heterocycles. The maximum absolute atomic E-state index is 9.98. The Hall–Kier alpha value is 0.293. The molecule has 0 aromatic heterocycles. The minimum atomic E-state index is 0. The van der Waals surface area contributed by atoms with Gasteiger partial charge in [0.15, 0.2) is 0 Å². The maximum atomic E-state index is 9.98. The van der Waals surface area contributed by atoms with Crippen LogP contribution in [0.4, 0.5) is 0 Å². The van der Waals surface area contributed by atoms with Crippen LogP contribution in [0.15, 0.2) is 0 Å². The van der Waals surface area contributed by atoms with Crippen LogP contribution in [0, 0.1) is 0 Å². The molecular formula is C16H31OZn-. The number of hydrogen-bond acceptors (Lipinski definition) is 1. The van der Waals surface area contributed by atoms with Crippen molar-refractivity contribution in [2.45, 2.75) is 96.8 Å². The molecule has 0 spiro atoms. The third-order valence-corrected chi connectivity index (χ3v) is 3.38. The van der Waals surface area contributed by atoms with Gasteiger partial charge in [0.05, 0.1) is 0 Å². The summed E-state index contributed by atoms with van der Waals surface area (Å²) in [4.78, 5) is 9.98. The molecule has 2 heteroatoms. The first-order valence-corrected chi connectivity index (χ1v) is 7.76. The largest absolute Gasteiger partial charge is 0.542 e. The van der Waals surface area contributed by atoms with Crippen molar-refractivity contribution < 1.29 is 24.3 Å². The quantitative estimate of drug-likeness (QED) is 0.233. The Kier molecular flexibility index (Phi) is 22.5. The zero-order valence-electron chi connectivity index (χ0n) is 12.5. The fourth-order valence-corrected chi connectivity index (χ4v) is 2.21. The van der Waals surface area contributed by atoms with Crippen LogP contribution in [-0.2, 0) is 24.3 Å². The topological polar surface area (TPSA) is 17.1 Å². The van der Waals surface area contributed by atoms with Crippen molar-refractivity contribution in [3.63, 3.8) is 0 Å². The van der Waals surface area contributed by atoms with Crippen molar-refractivity contribution in [1.29, 1.82) is 0 Å². The molecule has 0 bridgehead atoms. The minimum Gasteiger partial charge on any atom is -0.542 e. The normalized spacial score (nSPS) is 10.1. The van der Waals surface area contributed by atoms with Gasteiger partial charge in [-0.2, -0.15) is 6.42 Å². The van der Waals surface area contributed by atoms with Crippen LogP contribution >= 0.6 is 0 Å². The van der Waals surface area contributed by atoms with Gasteiger partial charge in [-0.15, -0.1) is 0 Å². The average Bonchev–Trinajstić information content (AvgIpc) is 2.35. The van der Waals surface area contributed by atoms with Crippen LogP contribution in [0.1, 0.15) is 96.8 Å². The summed E-state index contributed by atoms with van der Waals surface area (Å²) in [6, 6.07) is 0. The monoisotopic (exact) mass is 303 g/mol. The Bertz CT molecular complexity index is 148. The molecule has 0 aliphatic rings. The van der Waals surface area contributed by atoms with Crippen molar-refractivity contribution in [1.82, 2.24) is 0 Å². The van der Waals surface area contributed by atoms with Gasteiger partial charge >= 0.3 is 0 Å². The molecule has 0 aliphatic heterocycles. The number of rotatable bonds is 14. The first kappa shape index (κ1) is 20.6. The van der Waals surface area contributed by atoms with Gasteiger partial charge in [0, 0.05) is 19.5 Å². The van der Waals surface area contributed by atoms with Crippen LogP contribution in [0.5, 0.6) is 0 Å². The van der Waals surface area contributed by atoms with Gasteiger partial charge in [0.25, 0.3) is 0 Å². The molecule has 0 rings (SSSR count). The SMILES string of the molecule is CCCCCCCCCCCCCCC[C-]=O.[Zn]. The Morgan fingerprint density at radius 3 is 1.28 bits per heavy atom. The molecule has 0 N–H and O–H groups in total. The molecule has 0 aromatic carbocycles. The molecule has 0 aromatic rings. The van der Waals surface area contributed by atoms with Gasteiger partial charge < -0.3 is 4.79 Å². The van der Waals surface area contributed by atoms with Gasteiger partial charge in [-0.05, 0) is 0 Å². The van der Waals surface area contributed by atoms with E-state index in [1.54, 1.807) is 0 Å². The van der Waals surface area contributed by atoms with Crippen molar-refractivity contribution in [2.24, 2.45) is 0 Å². The fraction of sp³-hybridized carbons (Fsp3) is 0.938. The zero-order valence-corrected chi connectivity index (χ0v) is 15.5. The zero-order chi connectivity index (χ0) is 12.6. The third kappa shape index (κ3) is 18.7. The number of carbonyl (C=O) groups excluding carboxylic acids is 1. The molecule has 0 radical (unpaired) electrons. The van der Waals surface area contributed by atoms with E-state index in [9.17, 15) is 4.79 Å². The van der Waals surface area contributed by atoms with Crippen molar-refractivity contribution in [2.75, 3.05) is 0 Å². The van der Waals surface area contributed by atoms with E-state index in [1.807, 2.05) is 6.29 Å². The summed E-state index contributed by atoms with van der Waals surface area (Å²) in [5, 5.41) is 0. The van der Waals surface area contributed by atoms with Gasteiger partial charge in [-0.3, -0.25) is 6.29 Å². The predicted molar refractivity (Wildman–Crippen MR) is 76.0 cm³/mol. The minimum absolute atomic E-state index is 0. The molecule has 0 fully saturated rings. The van der Waals surface area contributed by atoms with Crippen LogP contribution in [-0.4, -0.2) is 6.29 Å². The standard InChI is InChI=1S/C16H31O.Zn/c1-2-3-4-5-6-7-8-9-10-11-12-13-14-15-16-17;/h2-15H2,1H3;/q-1;. The fourth-order valence-electron chi connectivity index (χ4n) is 2.21. The Balaban J connectivity index is 0. The van der Waals surface area contributed by atoms with Crippen molar-refractivity contribution >= 4 is 6.29 Å². The van der Waals surface area contributed by atoms with E-state index in [0.29, 0.717) is 6.42 Å². The average molecular weight is 305 g/mol. The summed E-state index contributed by atoms with van der Waals surface area (Å²) in [5.74, 6) is 0. The van der Waals surface area contributed by atoms with E-state index < -0.39 is 0 Å². The number of hydrogen-bond donors (Lipinski definition) is 0. The summed E-state index contributed by atoms with van der Waals surface area (Å²) >= 11 is 0. The third-order valence-electron chi connectivity index (χ3n) is 3.38.